The Morgan fingerprint density at radius 1 is 1.04 bits per heavy atom. The number of nitriles is 1. The molecular formula is C16H15N5O3S. The van der Waals surface area contributed by atoms with Crippen LogP contribution in [0.4, 0.5) is 17.1 Å². The molecule has 0 fully saturated rings. The Hall–Kier alpha value is -3.35. The fourth-order valence-corrected chi connectivity index (χ4v) is 2.33. The molecule has 128 valence electrons. The van der Waals surface area contributed by atoms with Crippen molar-refractivity contribution in [3.8, 4) is 6.07 Å². The third kappa shape index (κ3) is 5.07. The van der Waals surface area contributed by atoms with Crippen molar-refractivity contribution >= 4 is 33.0 Å². The van der Waals surface area contributed by atoms with E-state index < -0.39 is 15.9 Å². The van der Waals surface area contributed by atoms with E-state index in [4.69, 9.17) is 16.1 Å². The molecule has 6 N–H and O–H groups in total. The molecule has 0 bridgehead atoms. The molecule has 0 saturated heterocycles. The summed E-state index contributed by atoms with van der Waals surface area (Å²) in [5, 5.41) is 19.4. The van der Waals surface area contributed by atoms with Crippen molar-refractivity contribution in [3.05, 3.63) is 60.3 Å². The van der Waals surface area contributed by atoms with E-state index in [9.17, 15) is 13.2 Å². The number of carbonyl (C=O) groups excluding carboxylic acids is 1. The molecule has 0 atom stereocenters. The highest BCUT2D eigenvalue weighted by Gasteiger charge is 2.11. The maximum absolute atomic E-state index is 12.1. The summed E-state index contributed by atoms with van der Waals surface area (Å²) in [7, 11) is -3.81. The van der Waals surface area contributed by atoms with Crippen molar-refractivity contribution in [2.75, 3.05) is 16.4 Å². The van der Waals surface area contributed by atoms with E-state index in [0.29, 0.717) is 17.1 Å². The molecule has 1 amide bonds. The second kappa shape index (κ2) is 7.48. The van der Waals surface area contributed by atoms with Gasteiger partial charge < -0.3 is 16.4 Å². The van der Waals surface area contributed by atoms with Crippen molar-refractivity contribution in [2.45, 2.75) is 4.90 Å². The van der Waals surface area contributed by atoms with Gasteiger partial charge in [-0.1, -0.05) is 0 Å². The van der Waals surface area contributed by atoms with Gasteiger partial charge in [-0.25, -0.2) is 13.6 Å². The zero-order valence-corrected chi connectivity index (χ0v) is 13.7. The van der Waals surface area contributed by atoms with Crippen molar-refractivity contribution in [1.82, 2.24) is 0 Å². The number of anilines is 3. The fraction of sp³-hybridized carbons (Fsp3) is 0. The number of rotatable bonds is 5. The standard InChI is InChI=1S/C16H15N5O3S/c17-9-11(10-20-13-3-1-12(18)2-4-13)16(22)21-14-5-7-15(8-6-14)25(19,23)24/h1-8,10,20H,18H2,(H,21,22)(H2,19,23,24)/b11-10-. The van der Waals surface area contributed by atoms with E-state index in [1.54, 1.807) is 30.3 Å². The lowest BCUT2D eigenvalue weighted by molar-refractivity contribution is -0.112. The van der Waals surface area contributed by atoms with E-state index >= 15 is 0 Å². The van der Waals surface area contributed by atoms with Crippen molar-refractivity contribution < 1.29 is 13.2 Å². The number of nitrogens with two attached hydrogens (primary N) is 2. The lowest BCUT2D eigenvalue weighted by Gasteiger charge is -2.06. The van der Waals surface area contributed by atoms with Crippen LogP contribution in [0.1, 0.15) is 0 Å². The van der Waals surface area contributed by atoms with Gasteiger partial charge in [0.25, 0.3) is 5.91 Å². The van der Waals surface area contributed by atoms with Crippen molar-refractivity contribution in [1.29, 1.82) is 5.26 Å². The number of hydrogen-bond donors (Lipinski definition) is 4. The number of nitrogen functional groups attached to an aromatic ring is 1. The quantitative estimate of drug-likeness (QED) is 0.360. The molecule has 9 heteroatoms. The molecule has 0 aliphatic rings. The number of nitrogens with zero attached hydrogens (tertiary/aromatic N) is 1. The van der Waals surface area contributed by atoms with Gasteiger partial charge in [-0.3, -0.25) is 4.79 Å². The maximum atomic E-state index is 12.1. The summed E-state index contributed by atoms with van der Waals surface area (Å²) >= 11 is 0. The highest BCUT2D eigenvalue weighted by Crippen LogP contribution is 2.14. The predicted octanol–water partition coefficient (Wildman–Crippen LogP) is 1.37. The van der Waals surface area contributed by atoms with Crippen LogP contribution in [0.25, 0.3) is 0 Å². The van der Waals surface area contributed by atoms with Crippen LogP contribution >= 0.6 is 0 Å². The minimum atomic E-state index is -3.81. The molecule has 0 unspecified atom stereocenters. The summed E-state index contributed by atoms with van der Waals surface area (Å²) < 4.78 is 22.4. The van der Waals surface area contributed by atoms with Crippen LogP contribution in [0.3, 0.4) is 0 Å². The summed E-state index contributed by atoms with van der Waals surface area (Å²) in [5.41, 5.74) is 6.99. The van der Waals surface area contributed by atoms with E-state index in [2.05, 4.69) is 10.6 Å². The molecule has 0 aliphatic carbocycles. The number of sulfonamides is 1. The van der Waals surface area contributed by atoms with Crippen LogP contribution < -0.4 is 21.5 Å². The SMILES string of the molecule is N#C/C(=C/Nc1ccc(N)cc1)C(=O)Nc1ccc(S(N)(=O)=O)cc1. The van der Waals surface area contributed by atoms with Gasteiger partial charge in [0.2, 0.25) is 10.0 Å². The number of benzene rings is 2. The van der Waals surface area contributed by atoms with Gasteiger partial charge in [0, 0.05) is 23.3 Å². The molecule has 0 heterocycles. The third-order valence-electron chi connectivity index (χ3n) is 3.10. The number of primary sulfonamides is 1. The van der Waals surface area contributed by atoms with Gasteiger partial charge in [-0.05, 0) is 48.5 Å². The number of amides is 1. The molecule has 2 aromatic carbocycles. The molecule has 0 saturated carbocycles. The van der Waals surface area contributed by atoms with Crippen LogP contribution in [0.2, 0.25) is 0 Å². The molecule has 0 spiro atoms. The van der Waals surface area contributed by atoms with E-state index in [1.807, 2.05) is 0 Å². The van der Waals surface area contributed by atoms with E-state index in [-0.39, 0.29) is 10.5 Å². The first-order valence-corrected chi connectivity index (χ1v) is 8.51. The lowest BCUT2D eigenvalue weighted by atomic mass is 10.2. The Kier molecular flexibility index (Phi) is 5.38. The van der Waals surface area contributed by atoms with Crippen LogP contribution in [0.15, 0.2) is 65.2 Å². The summed E-state index contributed by atoms with van der Waals surface area (Å²) in [6, 6.07) is 13.8. The average Bonchev–Trinajstić information content (AvgIpc) is 2.56. The first kappa shape index (κ1) is 18.0. The highest BCUT2D eigenvalue weighted by atomic mass is 32.2. The Labute approximate surface area is 144 Å². The fourth-order valence-electron chi connectivity index (χ4n) is 1.81. The van der Waals surface area contributed by atoms with Crippen molar-refractivity contribution in [2.24, 2.45) is 5.14 Å². The van der Waals surface area contributed by atoms with Gasteiger partial charge in [0.15, 0.2) is 0 Å². The first-order valence-electron chi connectivity index (χ1n) is 6.96. The van der Waals surface area contributed by atoms with Gasteiger partial charge in [0.05, 0.1) is 4.90 Å². The van der Waals surface area contributed by atoms with E-state index in [1.165, 1.54) is 30.5 Å². The molecular weight excluding hydrogens is 342 g/mol. The maximum Gasteiger partial charge on any atom is 0.267 e. The van der Waals surface area contributed by atoms with Gasteiger partial charge in [-0.15, -0.1) is 0 Å². The molecule has 0 radical (unpaired) electrons. The average molecular weight is 357 g/mol. The predicted molar refractivity (Wildman–Crippen MR) is 94.6 cm³/mol. The lowest BCUT2D eigenvalue weighted by Crippen LogP contribution is -2.15. The summed E-state index contributed by atoms with van der Waals surface area (Å²) in [6.07, 6.45) is 1.26. The monoisotopic (exact) mass is 357 g/mol. The zero-order chi connectivity index (χ0) is 18.4. The molecule has 0 aliphatic heterocycles. The molecule has 8 nitrogen and oxygen atoms in total. The second-order valence-electron chi connectivity index (χ2n) is 4.96. The first-order chi connectivity index (χ1) is 11.8. The molecule has 2 rings (SSSR count). The molecule has 25 heavy (non-hydrogen) atoms. The van der Waals surface area contributed by atoms with Crippen LogP contribution in [-0.4, -0.2) is 14.3 Å². The van der Waals surface area contributed by atoms with Crippen LogP contribution in [0, 0.1) is 11.3 Å². The van der Waals surface area contributed by atoms with Crippen LogP contribution in [-0.2, 0) is 14.8 Å². The van der Waals surface area contributed by atoms with E-state index in [0.717, 1.165) is 0 Å². The minimum absolute atomic E-state index is 0.0773. The van der Waals surface area contributed by atoms with Gasteiger partial charge >= 0.3 is 0 Å². The Morgan fingerprint density at radius 2 is 1.60 bits per heavy atom. The van der Waals surface area contributed by atoms with Crippen molar-refractivity contribution in [3.63, 3.8) is 0 Å². The number of carbonyl (C=O) groups is 1. The Bertz CT molecular complexity index is 943. The number of hydrogen-bond acceptors (Lipinski definition) is 6. The summed E-state index contributed by atoms with van der Waals surface area (Å²) in [4.78, 5) is 12.0. The molecule has 2 aromatic rings. The highest BCUT2D eigenvalue weighted by molar-refractivity contribution is 7.89. The Morgan fingerprint density at radius 3 is 2.12 bits per heavy atom. The van der Waals surface area contributed by atoms with Gasteiger partial charge in [-0.2, -0.15) is 5.26 Å². The topological polar surface area (TPSA) is 151 Å². The summed E-state index contributed by atoms with van der Waals surface area (Å²) in [6.45, 7) is 0. The zero-order valence-electron chi connectivity index (χ0n) is 12.9. The Balaban J connectivity index is 2.08. The minimum Gasteiger partial charge on any atom is -0.399 e. The normalized spacial score (nSPS) is 11.4. The summed E-state index contributed by atoms with van der Waals surface area (Å²) in [5.74, 6) is -0.645. The second-order valence-corrected chi connectivity index (χ2v) is 6.52. The molecule has 0 aromatic heterocycles. The van der Waals surface area contributed by atoms with Gasteiger partial charge in [0.1, 0.15) is 11.6 Å². The smallest absolute Gasteiger partial charge is 0.267 e. The number of nitrogens with one attached hydrogen (secondary N) is 2. The third-order valence-corrected chi connectivity index (χ3v) is 4.03. The largest absolute Gasteiger partial charge is 0.399 e. The van der Waals surface area contributed by atoms with Crippen LogP contribution in [0.5, 0.6) is 0 Å².